The van der Waals surface area contributed by atoms with Gasteiger partial charge in [-0.1, -0.05) is 32.4 Å². The summed E-state index contributed by atoms with van der Waals surface area (Å²) < 4.78 is 5.48. The first kappa shape index (κ1) is 14.6. The van der Waals surface area contributed by atoms with Crippen molar-refractivity contribution in [2.45, 2.75) is 33.1 Å². The van der Waals surface area contributed by atoms with Gasteiger partial charge in [0.15, 0.2) is 6.61 Å². The summed E-state index contributed by atoms with van der Waals surface area (Å²) in [5, 5.41) is 0. The van der Waals surface area contributed by atoms with Crippen LogP contribution in [-0.2, 0) is 11.2 Å². The van der Waals surface area contributed by atoms with E-state index in [9.17, 15) is 4.79 Å². The molecule has 0 aromatic heterocycles. The van der Waals surface area contributed by atoms with Crippen LogP contribution in [-0.4, -0.2) is 31.0 Å². The summed E-state index contributed by atoms with van der Waals surface area (Å²) in [6.45, 7) is 5.14. The Hall–Kier alpha value is -1.51. The van der Waals surface area contributed by atoms with E-state index in [1.165, 1.54) is 5.56 Å². The van der Waals surface area contributed by atoms with Crippen molar-refractivity contribution in [2.24, 2.45) is 0 Å². The molecule has 0 aliphatic rings. The van der Waals surface area contributed by atoms with Crippen LogP contribution in [0.2, 0.25) is 0 Å². The first-order valence-corrected chi connectivity index (χ1v) is 6.63. The van der Waals surface area contributed by atoms with E-state index in [1.54, 1.807) is 4.90 Å². The Morgan fingerprint density at radius 2 is 1.89 bits per heavy atom. The number of carbonyl (C=O) groups excluding carboxylic acids is 1. The van der Waals surface area contributed by atoms with Crippen LogP contribution in [0.25, 0.3) is 0 Å². The van der Waals surface area contributed by atoms with Gasteiger partial charge in [-0.3, -0.25) is 4.79 Å². The van der Waals surface area contributed by atoms with E-state index in [0.29, 0.717) is 0 Å². The number of ether oxygens (including phenoxy) is 1. The minimum Gasteiger partial charge on any atom is -0.484 e. The fourth-order valence-electron chi connectivity index (χ4n) is 1.60. The fraction of sp³-hybridized carbons (Fsp3) is 0.533. The van der Waals surface area contributed by atoms with Crippen molar-refractivity contribution in [3.05, 3.63) is 29.8 Å². The third-order valence-corrected chi connectivity index (χ3v) is 2.97. The molecule has 1 rings (SSSR count). The quantitative estimate of drug-likeness (QED) is 0.743. The summed E-state index contributed by atoms with van der Waals surface area (Å²) in [5.74, 6) is 0.785. The Morgan fingerprint density at radius 1 is 1.22 bits per heavy atom. The van der Waals surface area contributed by atoms with Gasteiger partial charge >= 0.3 is 0 Å². The summed E-state index contributed by atoms with van der Waals surface area (Å²) in [5.41, 5.74) is 1.27. The number of rotatable bonds is 7. The summed E-state index contributed by atoms with van der Waals surface area (Å²) in [7, 11) is 1.82. The van der Waals surface area contributed by atoms with Gasteiger partial charge < -0.3 is 9.64 Å². The molecular weight excluding hydrogens is 226 g/mol. The molecule has 0 atom stereocenters. The van der Waals surface area contributed by atoms with E-state index >= 15 is 0 Å². The topological polar surface area (TPSA) is 29.5 Å². The van der Waals surface area contributed by atoms with Crippen molar-refractivity contribution in [1.82, 2.24) is 4.90 Å². The van der Waals surface area contributed by atoms with Crippen molar-refractivity contribution in [3.63, 3.8) is 0 Å². The van der Waals surface area contributed by atoms with Crippen LogP contribution < -0.4 is 4.74 Å². The fourth-order valence-corrected chi connectivity index (χ4v) is 1.60. The van der Waals surface area contributed by atoms with Gasteiger partial charge in [0.05, 0.1) is 0 Å². The Bertz CT molecular complexity index is 359. The van der Waals surface area contributed by atoms with Crippen LogP contribution in [0.5, 0.6) is 5.75 Å². The number of benzene rings is 1. The number of hydrogen-bond donors (Lipinski definition) is 0. The number of hydrogen-bond acceptors (Lipinski definition) is 2. The molecule has 0 saturated carbocycles. The molecule has 1 aromatic rings. The maximum atomic E-state index is 11.7. The largest absolute Gasteiger partial charge is 0.484 e. The highest BCUT2D eigenvalue weighted by Gasteiger charge is 2.08. The summed E-state index contributed by atoms with van der Waals surface area (Å²) in [4.78, 5) is 13.5. The van der Waals surface area contributed by atoms with Gasteiger partial charge in [0.1, 0.15) is 5.75 Å². The molecule has 3 heteroatoms. The van der Waals surface area contributed by atoms with E-state index in [2.05, 4.69) is 13.8 Å². The van der Waals surface area contributed by atoms with E-state index in [4.69, 9.17) is 4.74 Å². The van der Waals surface area contributed by atoms with Crippen LogP contribution in [0.3, 0.4) is 0 Å². The highest BCUT2D eigenvalue weighted by molar-refractivity contribution is 5.77. The standard InChI is InChI=1S/C15H23NO2/c1-4-6-11-16(3)15(17)12-18-14-9-7-13(5-2)8-10-14/h7-10H,4-6,11-12H2,1-3H3. The van der Waals surface area contributed by atoms with Crippen LogP contribution >= 0.6 is 0 Å². The number of unbranched alkanes of at least 4 members (excludes halogenated alkanes) is 1. The lowest BCUT2D eigenvalue weighted by Gasteiger charge is -2.17. The molecular formula is C15H23NO2. The molecule has 0 bridgehead atoms. The van der Waals surface area contributed by atoms with Gasteiger partial charge in [-0.15, -0.1) is 0 Å². The molecule has 18 heavy (non-hydrogen) atoms. The number of likely N-dealkylation sites (N-methyl/N-ethyl adjacent to an activating group) is 1. The third kappa shape index (κ3) is 4.78. The minimum atomic E-state index is 0.0306. The summed E-state index contributed by atoms with van der Waals surface area (Å²) in [6, 6.07) is 7.89. The highest BCUT2D eigenvalue weighted by atomic mass is 16.5. The van der Waals surface area contributed by atoms with Gasteiger partial charge in [-0.2, -0.15) is 0 Å². The smallest absolute Gasteiger partial charge is 0.260 e. The lowest BCUT2D eigenvalue weighted by atomic mass is 10.2. The monoisotopic (exact) mass is 249 g/mol. The number of aryl methyl sites for hydroxylation is 1. The van der Waals surface area contributed by atoms with Crippen LogP contribution in [0.15, 0.2) is 24.3 Å². The van der Waals surface area contributed by atoms with E-state index in [-0.39, 0.29) is 12.5 Å². The van der Waals surface area contributed by atoms with Gasteiger partial charge in [0, 0.05) is 13.6 Å². The molecule has 3 nitrogen and oxygen atoms in total. The number of carbonyl (C=O) groups is 1. The van der Waals surface area contributed by atoms with Gasteiger partial charge in [0.25, 0.3) is 5.91 Å². The lowest BCUT2D eigenvalue weighted by molar-refractivity contribution is -0.132. The van der Waals surface area contributed by atoms with Crippen LogP contribution in [0.1, 0.15) is 32.3 Å². The molecule has 0 N–H and O–H groups in total. The van der Waals surface area contributed by atoms with Gasteiger partial charge in [-0.25, -0.2) is 0 Å². The van der Waals surface area contributed by atoms with Crippen molar-refractivity contribution >= 4 is 5.91 Å². The molecule has 0 aliphatic heterocycles. The minimum absolute atomic E-state index is 0.0306. The molecule has 0 unspecified atom stereocenters. The average molecular weight is 249 g/mol. The predicted octanol–water partition coefficient (Wildman–Crippen LogP) is 2.89. The summed E-state index contributed by atoms with van der Waals surface area (Å²) >= 11 is 0. The number of nitrogens with zero attached hydrogens (tertiary/aromatic N) is 1. The van der Waals surface area contributed by atoms with Crippen molar-refractivity contribution in [3.8, 4) is 5.75 Å². The second-order valence-electron chi connectivity index (χ2n) is 4.46. The zero-order valence-electron chi connectivity index (χ0n) is 11.6. The molecule has 0 heterocycles. The van der Waals surface area contributed by atoms with E-state index in [0.717, 1.165) is 31.6 Å². The second-order valence-corrected chi connectivity index (χ2v) is 4.46. The third-order valence-electron chi connectivity index (χ3n) is 2.97. The van der Waals surface area contributed by atoms with Crippen molar-refractivity contribution in [1.29, 1.82) is 0 Å². The Morgan fingerprint density at radius 3 is 2.44 bits per heavy atom. The summed E-state index contributed by atoms with van der Waals surface area (Å²) in [6.07, 6.45) is 3.14. The molecule has 0 radical (unpaired) electrons. The van der Waals surface area contributed by atoms with Crippen molar-refractivity contribution in [2.75, 3.05) is 20.2 Å². The average Bonchev–Trinajstić information content (AvgIpc) is 2.42. The van der Waals surface area contributed by atoms with E-state index < -0.39 is 0 Å². The van der Waals surface area contributed by atoms with Gasteiger partial charge in [0.2, 0.25) is 0 Å². The van der Waals surface area contributed by atoms with Crippen molar-refractivity contribution < 1.29 is 9.53 Å². The molecule has 0 spiro atoms. The lowest BCUT2D eigenvalue weighted by Crippen LogP contribution is -2.32. The Balaban J connectivity index is 2.37. The normalized spacial score (nSPS) is 10.2. The maximum absolute atomic E-state index is 11.7. The van der Waals surface area contributed by atoms with Crippen LogP contribution in [0.4, 0.5) is 0 Å². The van der Waals surface area contributed by atoms with Crippen LogP contribution in [0, 0.1) is 0 Å². The SMILES string of the molecule is CCCCN(C)C(=O)COc1ccc(CC)cc1. The highest BCUT2D eigenvalue weighted by Crippen LogP contribution is 2.12. The number of amides is 1. The molecule has 100 valence electrons. The molecule has 1 aromatic carbocycles. The molecule has 0 saturated heterocycles. The van der Waals surface area contributed by atoms with Gasteiger partial charge in [-0.05, 0) is 30.5 Å². The first-order chi connectivity index (χ1) is 8.67. The molecule has 1 amide bonds. The molecule has 0 fully saturated rings. The first-order valence-electron chi connectivity index (χ1n) is 6.63. The molecule has 0 aliphatic carbocycles. The zero-order valence-corrected chi connectivity index (χ0v) is 11.6. The predicted molar refractivity (Wildman–Crippen MR) is 73.9 cm³/mol. The Kier molecular flexibility index (Phi) is 6.26. The zero-order chi connectivity index (χ0) is 13.4. The Labute approximate surface area is 110 Å². The second kappa shape index (κ2) is 7.75. The maximum Gasteiger partial charge on any atom is 0.260 e. The van der Waals surface area contributed by atoms with E-state index in [1.807, 2.05) is 31.3 Å².